The molecule has 5 heterocycles. The third-order valence-electron chi connectivity index (χ3n) is 11.7. The van der Waals surface area contributed by atoms with Gasteiger partial charge in [-0.25, -0.2) is 15.0 Å². The van der Waals surface area contributed by atoms with Crippen molar-refractivity contribution >= 4 is 21.8 Å². The summed E-state index contributed by atoms with van der Waals surface area (Å²) in [5, 5.41) is 2.27. The van der Waals surface area contributed by atoms with Gasteiger partial charge in [0.15, 0.2) is 0 Å². The number of aromatic nitrogens is 4. The summed E-state index contributed by atoms with van der Waals surface area (Å²) in [6, 6.07) is 65.0. The molecule has 4 aromatic heterocycles. The fourth-order valence-electron chi connectivity index (χ4n) is 8.52. The second kappa shape index (κ2) is 13.6. The van der Waals surface area contributed by atoms with E-state index in [0.717, 1.165) is 112 Å². The zero-order chi connectivity index (χ0) is 39.7. The average molecular weight is 757 g/mol. The first-order chi connectivity index (χ1) is 28.8. The SMILES string of the molecule is CC(C)(C)c1cc2nc(c1)-c1cc(-c3ccccc3)cc3c1[nH]c1c(cc(-c4ccccc4)cc13)-c1cc(-c3ccccc3)cc(n1)-c1cc(-c3ccccc3)cc-2n1. The molecule has 0 spiro atoms. The predicted molar refractivity (Wildman–Crippen MR) is 245 cm³/mol. The van der Waals surface area contributed by atoms with Gasteiger partial charge in [0.05, 0.1) is 45.2 Å². The molecule has 8 bridgehead atoms. The highest BCUT2D eigenvalue weighted by Crippen LogP contribution is 2.44. The highest BCUT2D eigenvalue weighted by molar-refractivity contribution is 6.17. The van der Waals surface area contributed by atoms with E-state index in [1.807, 2.05) is 0 Å². The summed E-state index contributed by atoms with van der Waals surface area (Å²) in [6.45, 7) is 6.80. The summed E-state index contributed by atoms with van der Waals surface area (Å²) in [5.41, 5.74) is 19.1. The van der Waals surface area contributed by atoms with Crippen LogP contribution in [0.25, 0.3) is 112 Å². The lowest BCUT2D eigenvalue weighted by molar-refractivity contribution is 0.590. The molecule has 10 aromatic rings. The van der Waals surface area contributed by atoms with Gasteiger partial charge >= 0.3 is 0 Å². The number of nitrogens with zero attached hydrogens (tertiary/aromatic N) is 3. The Labute approximate surface area is 344 Å². The Bertz CT molecular complexity index is 3220. The molecule has 0 saturated carbocycles. The van der Waals surface area contributed by atoms with Crippen LogP contribution in [0, 0.1) is 0 Å². The van der Waals surface area contributed by atoms with Gasteiger partial charge in [0.2, 0.25) is 0 Å². The molecule has 0 atom stereocenters. The normalized spacial score (nSPS) is 12.0. The Morgan fingerprint density at radius 3 is 1.02 bits per heavy atom. The summed E-state index contributed by atoms with van der Waals surface area (Å²) < 4.78 is 0. The second-order valence-electron chi connectivity index (χ2n) is 16.6. The molecular formula is C55H40N4. The van der Waals surface area contributed by atoms with E-state index < -0.39 is 0 Å². The minimum absolute atomic E-state index is 0.160. The Hall–Kier alpha value is -7.43. The van der Waals surface area contributed by atoms with Gasteiger partial charge in [-0.2, -0.15) is 0 Å². The van der Waals surface area contributed by atoms with E-state index in [1.165, 1.54) is 5.56 Å². The van der Waals surface area contributed by atoms with Crippen LogP contribution >= 0.6 is 0 Å². The third kappa shape index (κ3) is 6.21. The van der Waals surface area contributed by atoms with Gasteiger partial charge in [-0.05, 0) is 116 Å². The highest BCUT2D eigenvalue weighted by atomic mass is 14.8. The van der Waals surface area contributed by atoms with E-state index in [2.05, 4.69) is 208 Å². The van der Waals surface area contributed by atoms with Crippen LogP contribution < -0.4 is 0 Å². The lowest BCUT2D eigenvalue weighted by atomic mass is 9.85. The van der Waals surface area contributed by atoms with Gasteiger partial charge < -0.3 is 4.98 Å². The Morgan fingerprint density at radius 1 is 0.322 bits per heavy atom. The molecule has 1 aliphatic rings. The molecule has 0 unspecified atom stereocenters. The smallest absolute Gasteiger partial charge is 0.0901 e. The van der Waals surface area contributed by atoms with Gasteiger partial charge in [-0.1, -0.05) is 142 Å². The average Bonchev–Trinajstić information content (AvgIpc) is 3.67. The number of benzene rings is 6. The van der Waals surface area contributed by atoms with Crippen LogP contribution in [-0.4, -0.2) is 19.9 Å². The molecule has 0 fully saturated rings. The quantitative estimate of drug-likeness (QED) is 0.195. The molecule has 0 amide bonds. The first-order valence-electron chi connectivity index (χ1n) is 20.3. The number of H-pyrrole nitrogens is 1. The highest BCUT2D eigenvalue weighted by Gasteiger charge is 2.24. The summed E-state index contributed by atoms with van der Waals surface area (Å²) in [6.07, 6.45) is 0. The van der Waals surface area contributed by atoms with Crippen molar-refractivity contribution in [2.75, 3.05) is 0 Å². The van der Waals surface area contributed by atoms with E-state index in [4.69, 9.17) is 15.0 Å². The molecule has 4 nitrogen and oxygen atoms in total. The fourth-order valence-corrected chi connectivity index (χ4v) is 8.52. The standard InChI is InChI=1S/C55H40N4/c1-55(2,3)42-32-48-46-27-39(35-18-10-5-11-19-35)25-44-43-24-38(34-16-8-4-9-17-34)26-45(53(43)59-54(44)46)47-28-40(36-20-12-6-13-21-36)29-49(56-47)50-30-41(37-22-14-7-15-23-37)31-51(58-50)52(33-42)57-48/h4-33,59H,1-3H3. The van der Waals surface area contributed by atoms with Crippen molar-refractivity contribution in [1.82, 2.24) is 19.9 Å². The van der Waals surface area contributed by atoms with E-state index in [9.17, 15) is 0 Å². The number of rotatable bonds is 4. The monoisotopic (exact) mass is 756 g/mol. The number of hydrogen-bond donors (Lipinski definition) is 1. The maximum absolute atomic E-state index is 5.56. The predicted octanol–water partition coefficient (Wildman–Crippen LogP) is 14.5. The largest absolute Gasteiger partial charge is 0.353 e. The molecule has 4 heteroatoms. The maximum Gasteiger partial charge on any atom is 0.0901 e. The minimum atomic E-state index is -0.160. The van der Waals surface area contributed by atoms with Gasteiger partial charge in [0.25, 0.3) is 0 Å². The van der Waals surface area contributed by atoms with Crippen molar-refractivity contribution in [3.63, 3.8) is 0 Å². The number of hydrogen-bond acceptors (Lipinski definition) is 3. The van der Waals surface area contributed by atoms with Crippen LogP contribution in [0.2, 0.25) is 0 Å². The minimum Gasteiger partial charge on any atom is -0.353 e. The van der Waals surface area contributed by atoms with Crippen molar-refractivity contribution in [3.8, 4) is 89.8 Å². The lowest BCUT2D eigenvalue weighted by Gasteiger charge is -2.22. The second-order valence-corrected chi connectivity index (χ2v) is 16.6. The van der Waals surface area contributed by atoms with Crippen molar-refractivity contribution in [2.45, 2.75) is 26.2 Å². The molecule has 1 N–H and O–H groups in total. The van der Waals surface area contributed by atoms with Gasteiger partial charge in [0.1, 0.15) is 0 Å². The van der Waals surface area contributed by atoms with E-state index in [1.54, 1.807) is 0 Å². The molecule has 280 valence electrons. The van der Waals surface area contributed by atoms with Gasteiger partial charge in [-0.3, -0.25) is 0 Å². The number of fused-ring (bicyclic) bond motifs is 11. The number of aromatic amines is 1. The number of pyridine rings is 3. The lowest BCUT2D eigenvalue weighted by Crippen LogP contribution is -2.12. The summed E-state index contributed by atoms with van der Waals surface area (Å²) in [5.74, 6) is 0. The molecule has 0 saturated heterocycles. The van der Waals surface area contributed by atoms with Crippen LogP contribution in [0.5, 0.6) is 0 Å². The molecule has 11 rings (SSSR count). The van der Waals surface area contributed by atoms with Crippen LogP contribution in [0.15, 0.2) is 182 Å². The molecule has 6 aromatic carbocycles. The third-order valence-corrected chi connectivity index (χ3v) is 11.7. The van der Waals surface area contributed by atoms with Crippen LogP contribution in [0.4, 0.5) is 0 Å². The molecule has 0 aliphatic carbocycles. The van der Waals surface area contributed by atoms with E-state index in [-0.39, 0.29) is 5.41 Å². The molecule has 1 aliphatic heterocycles. The molecular weight excluding hydrogens is 717 g/mol. The Kier molecular flexibility index (Phi) is 8.02. The Morgan fingerprint density at radius 2 is 0.627 bits per heavy atom. The van der Waals surface area contributed by atoms with Gasteiger partial charge in [0, 0.05) is 21.9 Å². The molecule has 0 radical (unpaired) electrons. The maximum atomic E-state index is 5.56. The summed E-state index contributed by atoms with van der Waals surface area (Å²) >= 11 is 0. The van der Waals surface area contributed by atoms with E-state index >= 15 is 0 Å². The van der Waals surface area contributed by atoms with Crippen molar-refractivity contribution in [2.24, 2.45) is 0 Å². The van der Waals surface area contributed by atoms with Gasteiger partial charge in [-0.15, -0.1) is 0 Å². The summed E-state index contributed by atoms with van der Waals surface area (Å²) in [4.78, 5) is 20.6. The zero-order valence-electron chi connectivity index (χ0n) is 33.2. The fraction of sp³-hybridized carbons (Fsp3) is 0.0727. The van der Waals surface area contributed by atoms with E-state index in [0.29, 0.717) is 0 Å². The zero-order valence-corrected chi connectivity index (χ0v) is 33.2. The van der Waals surface area contributed by atoms with Crippen molar-refractivity contribution in [1.29, 1.82) is 0 Å². The van der Waals surface area contributed by atoms with Crippen LogP contribution in [0.1, 0.15) is 26.3 Å². The molecule has 59 heavy (non-hydrogen) atoms. The van der Waals surface area contributed by atoms with Crippen molar-refractivity contribution in [3.05, 3.63) is 188 Å². The topological polar surface area (TPSA) is 54.5 Å². The van der Waals surface area contributed by atoms with Crippen LogP contribution in [-0.2, 0) is 5.41 Å². The number of nitrogens with one attached hydrogen (secondary N) is 1. The van der Waals surface area contributed by atoms with Crippen molar-refractivity contribution < 1.29 is 0 Å². The van der Waals surface area contributed by atoms with Crippen LogP contribution in [0.3, 0.4) is 0 Å². The first-order valence-corrected chi connectivity index (χ1v) is 20.3. The Balaban J connectivity index is 1.34. The summed E-state index contributed by atoms with van der Waals surface area (Å²) in [7, 11) is 0. The first kappa shape index (κ1) is 34.8.